The fourth-order valence-electron chi connectivity index (χ4n) is 2.47. The number of carbonyl (C=O) groups is 2. The van der Waals surface area contributed by atoms with E-state index in [1.165, 1.54) is 11.1 Å². The van der Waals surface area contributed by atoms with E-state index in [-0.39, 0.29) is 11.7 Å². The molecule has 2 amide bonds. The molecule has 0 saturated carbocycles. The molecule has 1 fully saturated rings. The number of anilines is 1. The Morgan fingerprint density at radius 3 is 2.52 bits per heavy atom. The van der Waals surface area contributed by atoms with Gasteiger partial charge in [0.2, 0.25) is 0 Å². The number of rotatable bonds is 4. The Labute approximate surface area is 150 Å². The van der Waals surface area contributed by atoms with Crippen molar-refractivity contribution >= 4 is 35.2 Å². The maximum Gasteiger partial charge on any atom is 0.282 e. The van der Waals surface area contributed by atoms with Gasteiger partial charge in [-0.1, -0.05) is 29.8 Å². The summed E-state index contributed by atoms with van der Waals surface area (Å²) in [7, 11) is 0. The summed E-state index contributed by atoms with van der Waals surface area (Å²) < 4.78 is 5.73. The lowest BCUT2D eigenvalue weighted by molar-refractivity contribution is -0.117. The van der Waals surface area contributed by atoms with Gasteiger partial charge in [0.1, 0.15) is 11.3 Å². The molecule has 5 nitrogen and oxygen atoms in total. The second-order valence-electron chi connectivity index (χ2n) is 5.82. The number of hydrazine groups is 1. The van der Waals surface area contributed by atoms with Crippen LogP contribution in [0.1, 0.15) is 19.4 Å². The van der Waals surface area contributed by atoms with E-state index in [9.17, 15) is 9.59 Å². The molecule has 0 aromatic heterocycles. The summed E-state index contributed by atoms with van der Waals surface area (Å²) in [6, 6.07) is 14.0. The van der Waals surface area contributed by atoms with Crippen molar-refractivity contribution < 1.29 is 14.3 Å². The monoisotopic (exact) mass is 356 g/mol. The van der Waals surface area contributed by atoms with Gasteiger partial charge in [-0.2, -0.15) is 0 Å². The molecule has 25 heavy (non-hydrogen) atoms. The molecule has 6 heteroatoms. The molecule has 0 aliphatic carbocycles. The van der Waals surface area contributed by atoms with Gasteiger partial charge in [0.15, 0.2) is 0 Å². The predicted molar refractivity (Wildman–Crippen MR) is 97.3 cm³/mol. The SMILES string of the molecule is CC(C)Oc1ccc(Cl)cc1/C=C1/C(=O)NN(c2ccccc2)C1=O. The third-order valence-corrected chi connectivity index (χ3v) is 3.78. The summed E-state index contributed by atoms with van der Waals surface area (Å²) in [6.07, 6.45) is 1.46. The number of halogens is 1. The van der Waals surface area contributed by atoms with Crippen LogP contribution in [-0.2, 0) is 9.59 Å². The fourth-order valence-corrected chi connectivity index (χ4v) is 2.65. The van der Waals surface area contributed by atoms with Crippen LogP contribution in [0.4, 0.5) is 5.69 Å². The van der Waals surface area contributed by atoms with Crippen LogP contribution in [0.3, 0.4) is 0 Å². The quantitative estimate of drug-likeness (QED) is 0.672. The number of nitrogens with one attached hydrogen (secondary N) is 1. The third-order valence-electron chi connectivity index (χ3n) is 3.54. The second kappa shape index (κ2) is 6.99. The molecule has 1 N–H and O–H groups in total. The van der Waals surface area contributed by atoms with Crippen LogP contribution in [0.15, 0.2) is 54.1 Å². The molecule has 1 heterocycles. The van der Waals surface area contributed by atoms with Gasteiger partial charge in [-0.3, -0.25) is 15.0 Å². The zero-order valence-electron chi connectivity index (χ0n) is 13.8. The fraction of sp³-hybridized carbons (Fsp3) is 0.158. The molecule has 1 aliphatic rings. The lowest BCUT2D eigenvalue weighted by atomic mass is 10.1. The number of nitrogens with zero attached hydrogens (tertiary/aromatic N) is 1. The number of ether oxygens (including phenoxy) is 1. The van der Waals surface area contributed by atoms with Crippen molar-refractivity contribution in [3.8, 4) is 5.75 Å². The van der Waals surface area contributed by atoms with Crippen molar-refractivity contribution in [1.82, 2.24) is 5.43 Å². The van der Waals surface area contributed by atoms with Gasteiger partial charge in [-0.25, -0.2) is 5.01 Å². The number of para-hydroxylation sites is 1. The molecule has 2 aromatic rings. The average Bonchev–Trinajstić information content (AvgIpc) is 2.86. The smallest absolute Gasteiger partial charge is 0.282 e. The summed E-state index contributed by atoms with van der Waals surface area (Å²) in [6.45, 7) is 3.80. The van der Waals surface area contributed by atoms with Gasteiger partial charge >= 0.3 is 0 Å². The van der Waals surface area contributed by atoms with Crippen LogP contribution in [0.2, 0.25) is 5.02 Å². The zero-order chi connectivity index (χ0) is 18.0. The van der Waals surface area contributed by atoms with E-state index in [0.29, 0.717) is 22.0 Å². The van der Waals surface area contributed by atoms with E-state index in [4.69, 9.17) is 16.3 Å². The van der Waals surface area contributed by atoms with Crippen molar-refractivity contribution in [1.29, 1.82) is 0 Å². The number of benzene rings is 2. The highest BCUT2D eigenvalue weighted by Gasteiger charge is 2.34. The Morgan fingerprint density at radius 1 is 1.12 bits per heavy atom. The first kappa shape index (κ1) is 17.0. The normalized spacial score (nSPS) is 15.8. The lowest BCUT2D eigenvalue weighted by Crippen LogP contribution is -2.35. The van der Waals surface area contributed by atoms with Gasteiger partial charge in [0.25, 0.3) is 11.8 Å². The van der Waals surface area contributed by atoms with Crippen molar-refractivity contribution in [3.63, 3.8) is 0 Å². The van der Waals surface area contributed by atoms with Gasteiger partial charge < -0.3 is 4.74 Å². The lowest BCUT2D eigenvalue weighted by Gasteiger charge is -2.14. The number of hydrogen-bond donors (Lipinski definition) is 1. The van der Waals surface area contributed by atoms with Crippen LogP contribution in [0.5, 0.6) is 5.75 Å². The van der Waals surface area contributed by atoms with Crippen LogP contribution in [0.25, 0.3) is 6.08 Å². The molecular formula is C19H17ClN2O3. The summed E-state index contributed by atoms with van der Waals surface area (Å²) in [5.74, 6) is -0.332. The second-order valence-corrected chi connectivity index (χ2v) is 6.26. The Bertz CT molecular complexity index is 847. The van der Waals surface area contributed by atoms with E-state index < -0.39 is 11.8 Å². The van der Waals surface area contributed by atoms with E-state index in [0.717, 1.165) is 0 Å². The van der Waals surface area contributed by atoms with Gasteiger partial charge in [-0.05, 0) is 50.3 Å². The Hall–Kier alpha value is -2.79. The van der Waals surface area contributed by atoms with Crippen molar-refractivity contribution in [3.05, 3.63) is 64.7 Å². The summed E-state index contributed by atoms with van der Waals surface area (Å²) in [5, 5.41) is 1.72. The first-order chi connectivity index (χ1) is 12.0. The number of amides is 2. The Morgan fingerprint density at radius 2 is 1.84 bits per heavy atom. The van der Waals surface area contributed by atoms with Crippen molar-refractivity contribution in [2.75, 3.05) is 5.01 Å². The molecule has 0 atom stereocenters. The minimum Gasteiger partial charge on any atom is -0.490 e. The molecule has 0 radical (unpaired) electrons. The molecule has 2 aromatic carbocycles. The first-order valence-corrected chi connectivity index (χ1v) is 8.22. The van der Waals surface area contributed by atoms with E-state index in [2.05, 4.69) is 5.43 Å². The maximum absolute atomic E-state index is 12.6. The zero-order valence-corrected chi connectivity index (χ0v) is 14.6. The minimum atomic E-state index is -0.468. The predicted octanol–water partition coefficient (Wildman–Crippen LogP) is 3.59. The highest BCUT2D eigenvalue weighted by molar-refractivity contribution is 6.32. The van der Waals surface area contributed by atoms with Crippen molar-refractivity contribution in [2.24, 2.45) is 0 Å². The van der Waals surface area contributed by atoms with Gasteiger partial charge in [0, 0.05) is 10.6 Å². The maximum atomic E-state index is 12.6. The van der Waals surface area contributed by atoms with Crippen LogP contribution >= 0.6 is 11.6 Å². The Balaban J connectivity index is 1.98. The van der Waals surface area contributed by atoms with E-state index in [1.807, 2.05) is 19.9 Å². The van der Waals surface area contributed by atoms with Crippen molar-refractivity contribution in [2.45, 2.75) is 20.0 Å². The molecule has 0 bridgehead atoms. The number of hydrogen-bond acceptors (Lipinski definition) is 3. The van der Waals surface area contributed by atoms with E-state index >= 15 is 0 Å². The highest BCUT2D eigenvalue weighted by Crippen LogP contribution is 2.28. The third kappa shape index (κ3) is 3.67. The summed E-state index contributed by atoms with van der Waals surface area (Å²) in [4.78, 5) is 24.9. The molecular weight excluding hydrogens is 340 g/mol. The van der Waals surface area contributed by atoms with Gasteiger partial charge in [0.05, 0.1) is 11.8 Å². The van der Waals surface area contributed by atoms with Gasteiger partial charge in [-0.15, -0.1) is 0 Å². The number of carbonyl (C=O) groups excluding carboxylic acids is 2. The van der Waals surface area contributed by atoms with E-state index in [1.54, 1.807) is 42.5 Å². The molecule has 0 spiro atoms. The molecule has 1 aliphatic heterocycles. The molecule has 0 unspecified atom stereocenters. The standard InChI is InChI=1S/C19H17ClN2O3/c1-12(2)25-17-9-8-14(20)10-13(17)11-16-18(23)21-22(19(16)24)15-6-4-3-5-7-15/h3-12H,1-2H3,(H,21,23)/b16-11-. The highest BCUT2D eigenvalue weighted by atomic mass is 35.5. The summed E-state index contributed by atoms with van der Waals surface area (Å²) >= 11 is 6.06. The molecule has 3 rings (SSSR count). The minimum absolute atomic E-state index is 0.0275. The largest absolute Gasteiger partial charge is 0.490 e. The molecule has 1 saturated heterocycles. The van der Waals surface area contributed by atoms with Crippen LogP contribution < -0.4 is 15.2 Å². The Kier molecular flexibility index (Phi) is 4.76. The van der Waals surface area contributed by atoms with Crippen LogP contribution in [-0.4, -0.2) is 17.9 Å². The first-order valence-electron chi connectivity index (χ1n) is 7.84. The topological polar surface area (TPSA) is 58.6 Å². The summed E-state index contributed by atoms with van der Waals surface area (Å²) in [5.41, 5.74) is 3.77. The average molecular weight is 357 g/mol. The molecule has 128 valence electrons. The van der Waals surface area contributed by atoms with Crippen LogP contribution in [0, 0.1) is 0 Å².